The van der Waals surface area contributed by atoms with Gasteiger partial charge in [-0.25, -0.2) is 0 Å². The third-order valence-corrected chi connectivity index (χ3v) is 3.98. The van der Waals surface area contributed by atoms with E-state index in [2.05, 4.69) is 10.4 Å². The molecule has 0 atom stereocenters. The molecule has 3 rings (SSSR count). The van der Waals surface area contributed by atoms with Crippen molar-refractivity contribution >= 4 is 10.9 Å². The summed E-state index contributed by atoms with van der Waals surface area (Å²) < 4.78 is 45.9. The molecule has 4 nitrogen and oxygen atoms in total. The maximum atomic E-state index is 13.2. The van der Waals surface area contributed by atoms with Crippen molar-refractivity contribution in [3.63, 3.8) is 0 Å². The van der Waals surface area contributed by atoms with E-state index in [-0.39, 0.29) is 5.39 Å². The van der Waals surface area contributed by atoms with Crippen molar-refractivity contribution in [1.29, 1.82) is 0 Å². The van der Waals surface area contributed by atoms with Crippen LogP contribution in [-0.2, 0) is 24.0 Å². The van der Waals surface area contributed by atoms with Crippen LogP contribution in [-0.4, -0.2) is 29.5 Å². The lowest BCUT2D eigenvalue weighted by Crippen LogP contribution is -2.15. The van der Waals surface area contributed by atoms with Gasteiger partial charge < -0.3 is 10.1 Å². The standard InChI is InChI=1S/C16H20F3N3O/c1-23-8-2-7-22-14-9-11(10-20-12-4-5-12)3-6-13(14)15(21-22)16(17,18)19/h3,6,9,12,20H,2,4-5,7-8,10H2,1H3. The van der Waals surface area contributed by atoms with Gasteiger partial charge in [0.05, 0.1) is 5.52 Å². The minimum absolute atomic E-state index is 0.157. The summed E-state index contributed by atoms with van der Waals surface area (Å²) in [4.78, 5) is 0. The molecule has 1 aliphatic carbocycles. The number of nitrogens with zero attached hydrogens (tertiary/aromatic N) is 2. The highest BCUT2D eigenvalue weighted by molar-refractivity contribution is 5.83. The van der Waals surface area contributed by atoms with E-state index in [4.69, 9.17) is 4.74 Å². The Morgan fingerprint density at radius 3 is 2.78 bits per heavy atom. The molecule has 0 aliphatic heterocycles. The molecule has 7 heteroatoms. The molecule has 1 N–H and O–H groups in total. The lowest BCUT2D eigenvalue weighted by molar-refractivity contribution is -0.140. The van der Waals surface area contributed by atoms with Crippen molar-refractivity contribution < 1.29 is 17.9 Å². The van der Waals surface area contributed by atoms with Gasteiger partial charge >= 0.3 is 6.18 Å². The summed E-state index contributed by atoms with van der Waals surface area (Å²) in [5, 5.41) is 7.33. The van der Waals surface area contributed by atoms with Gasteiger partial charge in [0, 0.05) is 38.2 Å². The first-order valence-corrected chi connectivity index (χ1v) is 7.78. The van der Waals surface area contributed by atoms with Crippen LogP contribution in [0.2, 0.25) is 0 Å². The second-order valence-electron chi connectivity index (χ2n) is 5.92. The van der Waals surface area contributed by atoms with Crippen LogP contribution in [0.1, 0.15) is 30.5 Å². The van der Waals surface area contributed by atoms with Gasteiger partial charge in [-0.2, -0.15) is 18.3 Å². The monoisotopic (exact) mass is 327 g/mol. The van der Waals surface area contributed by atoms with Gasteiger partial charge in [-0.05, 0) is 30.9 Å². The van der Waals surface area contributed by atoms with Gasteiger partial charge in [-0.3, -0.25) is 4.68 Å². The van der Waals surface area contributed by atoms with Crippen molar-refractivity contribution in [3.05, 3.63) is 29.5 Å². The maximum absolute atomic E-state index is 13.2. The average molecular weight is 327 g/mol. The summed E-state index contributed by atoms with van der Waals surface area (Å²) in [6.45, 7) is 1.57. The summed E-state index contributed by atoms with van der Waals surface area (Å²) in [7, 11) is 1.57. The molecule has 2 aromatic rings. The Hall–Kier alpha value is -1.60. The van der Waals surface area contributed by atoms with Crippen molar-refractivity contribution in [2.24, 2.45) is 0 Å². The first-order chi connectivity index (χ1) is 11.0. The predicted molar refractivity (Wildman–Crippen MR) is 81.1 cm³/mol. The molecule has 1 aliphatic rings. The van der Waals surface area contributed by atoms with E-state index in [0.717, 1.165) is 5.56 Å². The predicted octanol–water partition coefficient (Wildman–Crippen LogP) is 3.34. The van der Waals surface area contributed by atoms with Crippen LogP contribution < -0.4 is 5.32 Å². The Kier molecular flexibility index (Phi) is 4.59. The average Bonchev–Trinajstić information content (AvgIpc) is 3.26. The number of aromatic nitrogens is 2. The fraction of sp³-hybridized carbons (Fsp3) is 0.562. The third-order valence-electron chi connectivity index (χ3n) is 3.98. The maximum Gasteiger partial charge on any atom is 0.435 e. The molecular weight excluding hydrogens is 307 g/mol. The first-order valence-electron chi connectivity index (χ1n) is 7.78. The largest absolute Gasteiger partial charge is 0.435 e. The number of aryl methyl sites for hydroxylation is 1. The van der Waals surface area contributed by atoms with E-state index < -0.39 is 11.9 Å². The number of hydrogen-bond acceptors (Lipinski definition) is 3. The number of halogens is 3. The molecule has 0 radical (unpaired) electrons. The number of nitrogens with one attached hydrogen (secondary N) is 1. The molecule has 0 saturated heterocycles. The summed E-state index contributed by atoms with van der Waals surface area (Å²) in [6, 6.07) is 5.64. The van der Waals surface area contributed by atoms with Gasteiger partial charge in [0.15, 0.2) is 5.69 Å². The zero-order valence-corrected chi connectivity index (χ0v) is 13.0. The van der Waals surface area contributed by atoms with E-state index in [1.54, 1.807) is 19.2 Å². The Morgan fingerprint density at radius 1 is 1.35 bits per heavy atom. The van der Waals surface area contributed by atoms with Gasteiger partial charge in [-0.1, -0.05) is 12.1 Å². The van der Waals surface area contributed by atoms with E-state index in [9.17, 15) is 13.2 Å². The summed E-state index contributed by atoms with van der Waals surface area (Å²) in [6.07, 6.45) is -1.47. The van der Waals surface area contributed by atoms with Crippen LogP contribution in [0.25, 0.3) is 10.9 Å². The summed E-state index contributed by atoms with van der Waals surface area (Å²) >= 11 is 0. The smallest absolute Gasteiger partial charge is 0.385 e. The highest BCUT2D eigenvalue weighted by Crippen LogP contribution is 2.34. The third kappa shape index (κ3) is 3.84. The van der Waals surface area contributed by atoms with Crippen LogP contribution >= 0.6 is 0 Å². The number of ether oxygens (including phenoxy) is 1. The van der Waals surface area contributed by atoms with Crippen molar-refractivity contribution in [1.82, 2.24) is 15.1 Å². The minimum atomic E-state index is -4.45. The Labute approximate surface area is 132 Å². The molecule has 1 heterocycles. The van der Waals surface area contributed by atoms with Crippen LogP contribution in [0.5, 0.6) is 0 Å². The van der Waals surface area contributed by atoms with Crippen LogP contribution in [0, 0.1) is 0 Å². The molecule has 0 unspecified atom stereocenters. The van der Waals surface area contributed by atoms with Gasteiger partial charge in [0.1, 0.15) is 0 Å². The van der Waals surface area contributed by atoms with Crippen LogP contribution in [0.4, 0.5) is 13.2 Å². The zero-order chi connectivity index (χ0) is 16.4. The molecule has 1 fully saturated rings. The minimum Gasteiger partial charge on any atom is -0.385 e. The van der Waals surface area contributed by atoms with Crippen LogP contribution in [0.15, 0.2) is 18.2 Å². The number of methoxy groups -OCH3 is 1. The van der Waals surface area contributed by atoms with E-state index in [1.165, 1.54) is 23.6 Å². The molecule has 23 heavy (non-hydrogen) atoms. The summed E-state index contributed by atoms with van der Waals surface area (Å²) in [5.41, 5.74) is 0.696. The van der Waals surface area contributed by atoms with E-state index in [1.807, 2.05) is 0 Å². The molecule has 126 valence electrons. The molecule has 0 spiro atoms. The molecule has 1 aromatic heterocycles. The van der Waals surface area contributed by atoms with E-state index >= 15 is 0 Å². The quantitative estimate of drug-likeness (QED) is 0.793. The second kappa shape index (κ2) is 6.49. The number of alkyl halides is 3. The van der Waals surface area contributed by atoms with Crippen molar-refractivity contribution in [2.45, 2.75) is 44.6 Å². The fourth-order valence-corrected chi connectivity index (χ4v) is 2.62. The van der Waals surface area contributed by atoms with Crippen LogP contribution in [0.3, 0.4) is 0 Å². The first kappa shape index (κ1) is 16.3. The van der Waals surface area contributed by atoms with Crippen molar-refractivity contribution in [3.8, 4) is 0 Å². The molecule has 0 bridgehead atoms. The highest BCUT2D eigenvalue weighted by Gasteiger charge is 2.36. The second-order valence-corrected chi connectivity index (χ2v) is 5.92. The van der Waals surface area contributed by atoms with Crippen molar-refractivity contribution in [2.75, 3.05) is 13.7 Å². The zero-order valence-electron chi connectivity index (χ0n) is 13.0. The SMILES string of the molecule is COCCCn1nc(C(F)(F)F)c2ccc(CNC3CC3)cc21. The topological polar surface area (TPSA) is 39.1 Å². The number of fused-ring (bicyclic) bond motifs is 1. The molecule has 1 aromatic carbocycles. The lowest BCUT2D eigenvalue weighted by Gasteiger charge is -2.06. The Balaban J connectivity index is 1.91. The lowest BCUT2D eigenvalue weighted by atomic mass is 10.1. The number of benzene rings is 1. The fourth-order valence-electron chi connectivity index (χ4n) is 2.62. The Morgan fingerprint density at radius 2 is 2.13 bits per heavy atom. The molecule has 1 saturated carbocycles. The van der Waals surface area contributed by atoms with Gasteiger partial charge in [0.25, 0.3) is 0 Å². The molecular formula is C16H20F3N3O. The van der Waals surface area contributed by atoms with Gasteiger partial charge in [-0.15, -0.1) is 0 Å². The normalized spacial score (nSPS) is 15.5. The Bertz CT molecular complexity index is 677. The number of hydrogen-bond donors (Lipinski definition) is 1. The van der Waals surface area contributed by atoms with Gasteiger partial charge in [0.2, 0.25) is 0 Å². The summed E-state index contributed by atoms with van der Waals surface area (Å²) in [5.74, 6) is 0. The number of rotatable bonds is 7. The molecule has 0 amide bonds. The van der Waals surface area contributed by atoms with E-state index in [0.29, 0.717) is 37.7 Å². The highest BCUT2D eigenvalue weighted by atomic mass is 19.4.